The van der Waals surface area contributed by atoms with Crippen LogP contribution in [0.15, 0.2) is 12.1 Å². The fourth-order valence-electron chi connectivity index (χ4n) is 3.40. The van der Waals surface area contributed by atoms with Gasteiger partial charge in [0.15, 0.2) is 0 Å². The standard InChI is InChI=1S/C16H22O3/c1-11-4-13(3)14(5-12(11)2)16(9-19-10-16)15(6-17)7-18-8-15/h4-5,17H,6-10H2,1-3H3. The molecule has 2 saturated heterocycles. The summed E-state index contributed by atoms with van der Waals surface area (Å²) in [5, 5.41) is 9.88. The van der Waals surface area contributed by atoms with Crippen molar-refractivity contribution >= 4 is 0 Å². The van der Waals surface area contributed by atoms with Gasteiger partial charge in [0.2, 0.25) is 0 Å². The molecule has 2 fully saturated rings. The molecular weight excluding hydrogens is 240 g/mol. The molecule has 1 aromatic carbocycles. The highest BCUT2D eigenvalue weighted by molar-refractivity contribution is 5.44. The van der Waals surface area contributed by atoms with Gasteiger partial charge < -0.3 is 14.6 Å². The van der Waals surface area contributed by atoms with Crippen molar-refractivity contribution in [1.82, 2.24) is 0 Å². The fraction of sp³-hybridized carbons (Fsp3) is 0.625. The molecule has 0 atom stereocenters. The minimum atomic E-state index is -0.155. The van der Waals surface area contributed by atoms with Crippen LogP contribution >= 0.6 is 0 Å². The fourth-order valence-corrected chi connectivity index (χ4v) is 3.40. The average molecular weight is 262 g/mol. The van der Waals surface area contributed by atoms with Crippen LogP contribution in [0.1, 0.15) is 22.3 Å². The number of aliphatic hydroxyl groups is 1. The van der Waals surface area contributed by atoms with Gasteiger partial charge in [-0.15, -0.1) is 0 Å². The zero-order chi connectivity index (χ0) is 13.7. The molecule has 0 aromatic heterocycles. The minimum absolute atomic E-state index is 0.0669. The van der Waals surface area contributed by atoms with Crippen LogP contribution in [0.4, 0.5) is 0 Å². The molecule has 1 N–H and O–H groups in total. The molecule has 3 rings (SSSR count). The lowest BCUT2D eigenvalue weighted by molar-refractivity contribution is -0.242. The Hall–Kier alpha value is -0.900. The van der Waals surface area contributed by atoms with Gasteiger partial charge in [-0.3, -0.25) is 0 Å². The third-order valence-corrected chi connectivity index (χ3v) is 5.13. The molecule has 2 heterocycles. The molecule has 1 aromatic rings. The third-order valence-electron chi connectivity index (χ3n) is 5.13. The number of benzene rings is 1. The number of aryl methyl sites for hydroxylation is 3. The zero-order valence-electron chi connectivity index (χ0n) is 12.0. The summed E-state index contributed by atoms with van der Waals surface area (Å²) in [6, 6.07) is 4.53. The van der Waals surface area contributed by atoms with Gasteiger partial charge in [-0.1, -0.05) is 12.1 Å². The van der Waals surface area contributed by atoms with Crippen LogP contribution in [0.2, 0.25) is 0 Å². The predicted octanol–water partition coefficient (Wildman–Crippen LogP) is 1.89. The van der Waals surface area contributed by atoms with Crippen LogP contribution in [0.3, 0.4) is 0 Å². The molecule has 0 saturated carbocycles. The van der Waals surface area contributed by atoms with Gasteiger partial charge >= 0.3 is 0 Å². The van der Waals surface area contributed by atoms with Crippen LogP contribution in [0.5, 0.6) is 0 Å². The van der Waals surface area contributed by atoms with Gasteiger partial charge in [0, 0.05) is 0 Å². The molecule has 0 bridgehead atoms. The Labute approximate surface area is 114 Å². The summed E-state index contributed by atoms with van der Waals surface area (Å²) in [7, 11) is 0. The second-order valence-corrected chi connectivity index (χ2v) is 6.26. The van der Waals surface area contributed by atoms with Gasteiger partial charge in [-0.05, 0) is 43.0 Å². The van der Waals surface area contributed by atoms with Gasteiger partial charge in [-0.25, -0.2) is 0 Å². The average Bonchev–Trinajstić information content (AvgIpc) is 2.26. The summed E-state index contributed by atoms with van der Waals surface area (Å²) < 4.78 is 10.9. The lowest BCUT2D eigenvalue weighted by Gasteiger charge is -2.59. The molecule has 0 radical (unpaired) electrons. The van der Waals surface area contributed by atoms with Crippen LogP contribution in [0.25, 0.3) is 0 Å². The topological polar surface area (TPSA) is 38.7 Å². The highest BCUT2D eigenvalue weighted by Gasteiger charge is 2.61. The molecule has 19 heavy (non-hydrogen) atoms. The summed E-state index contributed by atoms with van der Waals surface area (Å²) in [4.78, 5) is 0. The molecule has 104 valence electrons. The van der Waals surface area contributed by atoms with E-state index < -0.39 is 0 Å². The number of rotatable bonds is 3. The summed E-state index contributed by atoms with van der Waals surface area (Å²) >= 11 is 0. The molecule has 2 aliphatic rings. The van der Waals surface area contributed by atoms with E-state index in [1.807, 2.05) is 0 Å². The van der Waals surface area contributed by atoms with Gasteiger partial charge in [-0.2, -0.15) is 0 Å². The van der Waals surface area contributed by atoms with E-state index in [2.05, 4.69) is 32.9 Å². The van der Waals surface area contributed by atoms with E-state index >= 15 is 0 Å². The molecule has 0 aliphatic carbocycles. The van der Waals surface area contributed by atoms with Crippen LogP contribution in [-0.2, 0) is 14.9 Å². The maximum atomic E-state index is 9.88. The van der Waals surface area contributed by atoms with Crippen LogP contribution < -0.4 is 0 Å². The normalized spacial score (nSPS) is 23.6. The third kappa shape index (κ3) is 1.62. The van der Waals surface area contributed by atoms with Crippen molar-refractivity contribution in [3.63, 3.8) is 0 Å². The Morgan fingerprint density at radius 3 is 1.95 bits per heavy atom. The van der Waals surface area contributed by atoms with Crippen molar-refractivity contribution < 1.29 is 14.6 Å². The van der Waals surface area contributed by atoms with Crippen molar-refractivity contribution in [2.24, 2.45) is 5.41 Å². The van der Waals surface area contributed by atoms with E-state index in [9.17, 15) is 5.11 Å². The predicted molar refractivity (Wildman–Crippen MR) is 73.5 cm³/mol. The van der Waals surface area contributed by atoms with E-state index in [1.54, 1.807) is 0 Å². The monoisotopic (exact) mass is 262 g/mol. The molecule has 0 spiro atoms. The second-order valence-electron chi connectivity index (χ2n) is 6.26. The minimum Gasteiger partial charge on any atom is -0.396 e. The summed E-state index contributed by atoms with van der Waals surface area (Å²) in [5.74, 6) is 0. The van der Waals surface area contributed by atoms with Gasteiger partial charge in [0.25, 0.3) is 0 Å². The van der Waals surface area contributed by atoms with E-state index in [1.165, 1.54) is 22.3 Å². The van der Waals surface area contributed by atoms with E-state index in [-0.39, 0.29) is 17.4 Å². The molecule has 3 nitrogen and oxygen atoms in total. The Bertz CT molecular complexity index is 493. The summed E-state index contributed by atoms with van der Waals surface area (Å²) in [5.41, 5.74) is 5.03. The Morgan fingerprint density at radius 1 is 0.947 bits per heavy atom. The van der Waals surface area contributed by atoms with Crippen LogP contribution in [0, 0.1) is 26.2 Å². The van der Waals surface area contributed by atoms with Crippen molar-refractivity contribution in [2.45, 2.75) is 26.2 Å². The van der Waals surface area contributed by atoms with Gasteiger partial charge in [0.05, 0.1) is 43.9 Å². The lowest BCUT2D eigenvalue weighted by Crippen LogP contribution is -2.68. The molecule has 0 amide bonds. The van der Waals surface area contributed by atoms with Gasteiger partial charge in [0.1, 0.15) is 0 Å². The Kier molecular flexibility index (Phi) is 2.97. The summed E-state index contributed by atoms with van der Waals surface area (Å²) in [6.45, 7) is 9.28. The second kappa shape index (κ2) is 4.30. The lowest BCUT2D eigenvalue weighted by atomic mass is 9.56. The highest BCUT2D eigenvalue weighted by Crippen LogP contribution is 2.52. The first-order valence-corrected chi connectivity index (χ1v) is 6.89. The summed E-state index contributed by atoms with van der Waals surface area (Å²) in [6.07, 6.45) is 0. The molecule has 2 aliphatic heterocycles. The van der Waals surface area contributed by atoms with Crippen molar-refractivity contribution in [2.75, 3.05) is 33.0 Å². The number of hydrogen-bond acceptors (Lipinski definition) is 3. The Balaban J connectivity index is 2.10. The highest BCUT2D eigenvalue weighted by atomic mass is 16.5. The number of hydrogen-bond donors (Lipinski definition) is 1. The molecular formula is C16H22O3. The number of ether oxygens (including phenoxy) is 2. The SMILES string of the molecule is Cc1cc(C)c(C2(C3(CO)COC3)COC2)cc1C. The first kappa shape index (κ1) is 13.1. The zero-order valence-corrected chi connectivity index (χ0v) is 12.0. The van der Waals surface area contributed by atoms with Crippen molar-refractivity contribution in [3.05, 3.63) is 34.4 Å². The van der Waals surface area contributed by atoms with Crippen LogP contribution in [-0.4, -0.2) is 38.1 Å². The van der Waals surface area contributed by atoms with Crippen molar-refractivity contribution in [3.8, 4) is 0 Å². The molecule has 0 unspecified atom stereocenters. The smallest absolute Gasteiger partial charge is 0.0593 e. The number of aliphatic hydroxyl groups excluding tert-OH is 1. The van der Waals surface area contributed by atoms with E-state index in [4.69, 9.17) is 9.47 Å². The maximum Gasteiger partial charge on any atom is 0.0593 e. The molecule has 3 heteroatoms. The first-order valence-electron chi connectivity index (χ1n) is 6.89. The maximum absolute atomic E-state index is 9.88. The van der Waals surface area contributed by atoms with E-state index in [0.29, 0.717) is 26.4 Å². The Morgan fingerprint density at radius 2 is 1.53 bits per heavy atom. The van der Waals surface area contributed by atoms with E-state index in [0.717, 1.165) is 0 Å². The largest absolute Gasteiger partial charge is 0.396 e. The quantitative estimate of drug-likeness (QED) is 0.904. The van der Waals surface area contributed by atoms with Crippen molar-refractivity contribution in [1.29, 1.82) is 0 Å². The first-order chi connectivity index (χ1) is 9.05.